The van der Waals surface area contributed by atoms with Gasteiger partial charge in [-0.2, -0.15) is 0 Å². The van der Waals surface area contributed by atoms with E-state index >= 15 is 0 Å². The van der Waals surface area contributed by atoms with Crippen LogP contribution in [-0.2, 0) is 9.68 Å². The summed E-state index contributed by atoms with van der Waals surface area (Å²) in [5, 5.41) is 0. The summed E-state index contributed by atoms with van der Waals surface area (Å²) in [6.07, 6.45) is 3.59. The topological polar surface area (TPSA) is 30.5 Å². The van der Waals surface area contributed by atoms with Gasteiger partial charge in [-0.25, -0.2) is 0 Å². The van der Waals surface area contributed by atoms with E-state index in [1.807, 2.05) is 0 Å². The van der Waals surface area contributed by atoms with Crippen LogP contribution in [0.2, 0.25) is 0 Å². The molecule has 8 heavy (non-hydrogen) atoms. The van der Waals surface area contributed by atoms with Crippen molar-refractivity contribution in [3.63, 3.8) is 0 Å². The van der Waals surface area contributed by atoms with Crippen molar-refractivity contribution in [2.45, 2.75) is 19.8 Å². The predicted molar refractivity (Wildman–Crippen MR) is 28.3 cm³/mol. The Morgan fingerprint density at radius 3 is 3.12 bits per heavy atom. The first-order valence-electron chi connectivity index (χ1n) is 2.70. The fourth-order valence-electron chi connectivity index (χ4n) is 0.548. The lowest BCUT2D eigenvalue weighted by Gasteiger charge is -1.93. The van der Waals surface area contributed by atoms with Gasteiger partial charge in [0.1, 0.15) is 0 Å². The molecule has 1 N–H and O–H groups in total. The van der Waals surface area contributed by atoms with Gasteiger partial charge in [0.25, 0.3) is 0 Å². The van der Waals surface area contributed by atoms with Crippen molar-refractivity contribution in [1.82, 2.24) is 5.64 Å². The molecule has 3 heteroatoms. The highest BCUT2D eigenvalue weighted by molar-refractivity contribution is 4.87. The Labute approximate surface area is 48.2 Å². The lowest BCUT2D eigenvalue weighted by Crippen LogP contribution is -2.02. The zero-order valence-electron chi connectivity index (χ0n) is 4.81. The second kappa shape index (κ2) is 2.57. The molecule has 1 aliphatic heterocycles. The predicted octanol–water partition coefficient (Wildman–Crippen LogP) is 1.09. The van der Waals surface area contributed by atoms with Crippen molar-refractivity contribution in [3.05, 3.63) is 12.0 Å². The van der Waals surface area contributed by atoms with Gasteiger partial charge < -0.3 is 9.68 Å². The average molecular weight is 115 g/mol. The molecule has 1 rings (SSSR count). The Morgan fingerprint density at radius 2 is 2.62 bits per heavy atom. The van der Waals surface area contributed by atoms with Gasteiger partial charge in [0, 0.05) is 12.1 Å². The van der Waals surface area contributed by atoms with E-state index in [-0.39, 0.29) is 0 Å². The SMILES string of the molecule is CCCC1=CONO1. The highest BCUT2D eigenvalue weighted by Gasteiger charge is 2.02. The molecule has 0 aromatic carbocycles. The highest BCUT2D eigenvalue weighted by atomic mass is 16.9. The quantitative estimate of drug-likeness (QED) is 0.584. The van der Waals surface area contributed by atoms with Crippen molar-refractivity contribution < 1.29 is 9.68 Å². The third-order valence-electron chi connectivity index (χ3n) is 0.908. The zero-order chi connectivity index (χ0) is 5.82. The molecule has 0 spiro atoms. The van der Waals surface area contributed by atoms with E-state index in [2.05, 4.69) is 17.4 Å². The van der Waals surface area contributed by atoms with Gasteiger partial charge in [-0.1, -0.05) is 6.92 Å². The minimum absolute atomic E-state index is 0.868. The highest BCUT2D eigenvalue weighted by Crippen LogP contribution is 2.08. The fraction of sp³-hybridized carbons (Fsp3) is 0.600. The maximum Gasteiger partial charge on any atom is 0.165 e. The number of hydrogen-bond donors (Lipinski definition) is 1. The van der Waals surface area contributed by atoms with Crippen molar-refractivity contribution in [2.24, 2.45) is 0 Å². The van der Waals surface area contributed by atoms with Crippen molar-refractivity contribution in [2.75, 3.05) is 0 Å². The standard InChI is InChI=1S/C5H9NO2/c1-2-3-5-4-7-6-8-5/h4,6H,2-3H2,1H3. The van der Waals surface area contributed by atoms with Crippen LogP contribution in [0.3, 0.4) is 0 Å². The number of hydrogen-bond acceptors (Lipinski definition) is 3. The van der Waals surface area contributed by atoms with Gasteiger partial charge >= 0.3 is 0 Å². The number of allylic oxidation sites excluding steroid dienone is 1. The molecule has 0 aromatic rings. The second-order valence-corrected chi connectivity index (χ2v) is 1.64. The fourth-order valence-corrected chi connectivity index (χ4v) is 0.548. The lowest BCUT2D eigenvalue weighted by atomic mass is 10.3. The molecule has 0 saturated heterocycles. The van der Waals surface area contributed by atoms with Gasteiger partial charge in [-0.05, 0) is 6.42 Å². The van der Waals surface area contributed by atoms with Crippen LogP contribution in [0.4, 0.5) is 0 Å². The summed E-state index contributed by atoms with van der Waals surface area (Å²) in [5.41, 5.74) is 2.26. The van der Waals surface area contributed by atoms with E-state index in [0.717, 1.165) is 18.6 Å². The molecule has 0 atom stereocenters. The Hall–Kier alpha value is -0.700. The second-order valence-electron chi connectivity index (χ2n) is 1.64. The molecular formula is C5H9NO2. The Morgan fingerprint density at radius 1 is 1.75 bits per heavy atom. The number of nitrogens with one attached hydrogen (secondary N) is 1. The maximum atomic E-state index is 4.78. The molecule has 46 valence electrons. The Bertz CT molecular complexity index is 101. The summed E-state index contributed by atoms with van der Waals surface area (Å²) in [6.45, 7) is 2.09. The van der Waals surface area contributed by atoms with Crippen LogP contribution in [0.5, 0.6) is 0 Å². The van der Waals surface area contributed by atoms with Crippen LogP contribution in [0, 0.1) is 0 Å². The largest absolute Gasteiger partial charge is 0.378 e. The van der Waals surface area contributed by atoms with E-state index in [9.17, 15) is 0 Å². The van der Waals surface area contributed by atoms with Crippen molar-refractivity contribution >= 4 is 0 Å². The molecule has 0 amide bonds. The summed E-state index contributed by atoms with van der Waals surface area (Å²) >= 11 is 0. The minimum Gasteiger partial charge on any atom is -0.378 e. The van der Waals surface area contributed by atoms with Gasteiger partial charge in [-0.15, -0.1) is 0 Å². The summed E-state index contributed by atoms with van der Waals surface area (Å²) in [7, 11) is 0. The smallest absolute Gasteiger partial charge is 0.165 e. The summed E-state index contributed by atoms with van der Waals surface area (Å²) in [6, 6.07) is 0. The van der Waals surface area contributed by atoms with Crippen LogP contribution in [0.1, 0.15) is 19.8 Å². The molecule has 0 bridgehead atoms. The molecule has 0 aliphatic carbocycles. The van der Waals surface area contributed by atoms with Gasteiger partial charge in [0.15, 0.2) is 12.0 Å². The molecule has 3 nitrogen and oxygen atoms in total. The number of rotatable bonds is 2. The molecule has 0 radical (unpaired) electrons. The van der Waals surface area contributed by atoms with E-state index in [4.69, 9.17) is 4.84 Å². The molecule has 0 aromatic heterocycles. The van der Waals surface area contributed by atoms with Gasteiger partial charge in [0.05, 0.1) is 0 Å². The van der Waals surface area contributed by atoms with Crippen LogP contribution < -0.4 is 5.64 Å². The normalized spacial score (nSPS) is 16.9. The third kappa shape index (κ3) is 1.13. The van der Waals surface area contributed by atoms with E-state index < -0.39 is 0 Å². The Balaban J connectivity index is 2.23. The van der Waals surface area contributed by atoms with Crippen molar-refractivity contribution in [3.8, 4) is 0 Å². The van der Waals surface area contributed by atoms with E-state index in [1.165, 1.54) is 0 Å². The van der Waals surface area contributed by atoms with E-state index in [1.54, 1.807) is 6.26 Å². The summed E-state index contributed by atoms with van der Waals surface area (Å²) in [5.74, 6) is 0.868. The van der Waals surface area contributed by atoms with Crippen LogP contribution in [-0.4, -0.2) is 0 Å². The first-order chi connectivity index (χ1) is 3.93. The molecule has 0 unspecified atom stereocenters. The molecule has 0 fully saturated rings. The van der Waals surface area contributed by atoms with Gasteiger partial charge in [-0.3, -0.25) is 0 Å². The van der Waals surface area contributed by atoms with E-state index in [0.29, 0.717) is 0 Å². The average Bonchev–Trinajstić information content (AvgIpc) is 2.19. The molecular weight excluding hydrogens is 106 g/mol. The van der Waals surface area contributed by atoms with Crippen LogP contribution in [0.15, 0.2) is 12.0 Å². The first kappa shape index (κ1) is 5.44. The Kier molecular flexibility index (Phi) is 1.75. The summed E-state index contributed by atoms with van der Waals surface area (Å²) in [4.78, 5) is 9.36. The molecule has 1 aliphatic rings. The third-order valence-corrected chi connectivity index (χ3v) is 0.908. The molecule has 1 heterocycles. The lowest BCUT2D eigenvalue weighted by molar-refractivity contribution is -0.0593. The molecule has 0 saturated carbocycles. The van der Waals surface area contributed by atoms with Crippen molar-refractivity contribution in [1.29, 1.82) is 0 Å². The monoisotopic (exact) mass is 115 g/mol. The van der Waals surface area contributed by atoms with Crippen LogP contribution in [0.25, 0.3) is 0 Å². The van der Waals surface area contributed by atoms with Gasteiger partial charge in [0.2, 0.25) is 0 Å². The summed E-state index contributed by atoms with van der Waals surface area (Å²) < 4.78 is 0. The van der Waals surface area contributed by atoms with Crippen LogP contribution >= 0.6 is 0 Å². The zero-order valence-corrected chi connectivity index (χ0v) is 4.81. The minimum atomic E-state index is 0.868. The maximum absolute atomic E-state index is 4.78. The first-order valence-corrected chi connectivity index (χ1v) is 2.70.